The van der Waals surface area contributed by atoms with E-state index in [0.717, 1.165) is 11.1 Å². The summed E-state index contributed by atoms with van der Waals surface area (Å²) in [5, 5.41) is 14.1. The third-order valence-electron chi connectivity index (χ3n) is 3.10. The number of aliphatic carboxylic acids is 1. The molecule has 6 heteroatoms. The van der Waals surface area contributed by atoms with Crippen molar-refractivity contribution in [2.24, 2.45) is 0 Å². The summed E-state index contributed by atoms with van der Waals surface area (Å²) in [6.07, 6.45) is 0. The van der Waals surface area contributed by atoms with E-state index >= 15 is 0 Å². The molecule has 0 heterocycles. The SMILES string of the molecule is COCC(NC(=O)Nc1c(C)cccc1C(C)C)C(=O)O. The van der Waals surface area contributed by atoms with E-state index in [-0.39, 0.29) is 12.5 Å². The van der Waals surface area contributed by atoms with Gasteiger partial charge >= 0.3 is 12.0 Å². The molecule has 0 saturated heterocycles. The Morgan fingerprint density at radius 2 is 2.00 bits per heavy atom. The molecule has 0 fully saturated rings. The quantitative estimate of drug-likeness (QED) is 0.751. The van der Waals surface area contributed by atoms with Gasteiger partial charge < -0.3 is 20.5 Å². The Morgan fingerprint density at radius 3 is 2.52 bits per heavy atom. The third-order valence-corrected chi connectivity index (χ3v) is 3.10. The molecule has 0 saturated carbocycles. The minimum absolute atomic E-state index is 0.0897. The molecule has 0 aliphatic carbocycles. The average molecular weight is 294 g/mol. The van der Waals surface area contributed by atoms with Crippen LogP contribution in [0, 0.1) is 6.92 Å². The molecule has 0 bridgehead atoms. The number of benzene rings is 1. The number of carbonyl (C=O) groups is 2. The topological polar surface area (TPSA) is 87.7 Å². The number of carboxylic acid groups (broad SMARTS) is 1. The van der Waals surface area contributed by atoms with Crippen LogP contribution in [0.15, 0.2) is 18.2 Å². The van der Waals surface area contributed by atoms with Crippen molar-refractivity contribution in [3.8, 4) is 0 Å². The summed E-state index contributed by atoms with van der Waals surface area (Å²) in [5.41, 5.74) is 2.64. The predicted molar refractivity (Wildman–Crippen MR) is 80.7 cm³/mol. The van der Waals surface area contributed by atoms with Gasteiger partial charge in [0.1, 0.15) is 0 Å². The molecule has 1 aromatic carbocycles. The van der Waals surface area contributed by atoms with Gasteiger partial charge in [-0.3, -0.25) is 0 Å². The summed E-state index contributed by atoms with van der Waals surface area (Å²) < 4.78 is 4.78. The number of rotatable bonds is 6. The molecule has 1 atom stereocenters. The van der Waals surface area contributed by atoms with Gasteiger partial charge in [0, 0.05) is 12.8 Å². The molecule has 116 valence electrons. The maximum atomic E-state index is 12.0. The van der Waals surface area contributed by atoms with Gasteiger partial charge in [-0.05, 0) is 24.0 Å². The average Bonchev–Trinajstić information content (AvgIpc) is 2.40. The van der Waals surface area contributed by atoms with Crippen LogP contribution in [0.4, 0.5) is 10.5 Å². The summed E-state index contributed by atoms with van der Waals surface area (Å²) in [7, 11) is 1.38. The monoisotopic (exact) mass is 294 g/mol. The molecular weight excluding hydrogens is 272 g/mol. The van der Waals surface area contributed by atoms with Gasteiger partial charge in [0.05, 0.1) is 6.61 Å². The first-order chi connectivity index (χ1) is 9.86. The van der Waals surface area contributed by atoms with E-state index in [4.69, 9.17) is 9.84 Å². The van der Waals surface area contributed by atoms with Crippen LogP contribution in [0.2, 0.25) is 0 Å². The zero-order valence-electron chi connectivity index (χ0n) is 12.8. The van der Waals surface area contributed by atoms with Gasteiger partial charge in [-0.2, -0.15) is 0 Å². The van der Waals surface area contributed by atoms with Crippen LogP contribution >= 0.6 is 0 Å². The number of hydrogen-bond acceptors (Lipinski definition) is 3. The molecule has 0 spiro atoms. The standard InChI is InChI=1S/C15H22N2O4/c1-9(2)11-7-5-6-10(3)13(11)17-15(20)16-12(8-21-4)14(18)19/h5-7,9,12H,8H2,1-4H3,(H,18,19)(H2,16,17,20). The first-order valence-corrected chi connectivity index (χ1v) is 6.75. The number of amides is 2. The van der Waals surface area contributed by atoms with Crippen molar-refractivity contribution in [3.63, 3.8) is 0 Å². The summed E-state index contributed by atoms with van der Waals surface area (Å²) in [6.45, 7) is 5.87. The molecule has 1 aromatic rings. The van der Waals surface area contributed by atoms with Crippen LogP contribution in [0.1, 0.15) is 30.9 Å². The number of carbonyl (C=O) groups excluding carboxylic acids is 1. The second kappa shape index (κ2) is 7.64. The Balaban J connectivity index is 2.86. The van der Waals surface area contributed by atoms with E-state index in [0.29, 0.717) is 5.69 Å². The second-order valence-electron chi connectivity index (χ2n) is 5.14. The van der Waals surface area contributed by atoms with Crippen LogP contribution < -0.4 is 10.6 Å². The Kier molecular flexibility index (Phi) is 6.17. The molecule has 0 aliphatic rings. The highest BCUT2D eigenvalue weighted by molar-refractivity contribution is 5.93. The Morgan fingerprint density at radius 1 is 1.33 bits per heavy atom. The predicted octanol–water partition coefficient (Wildman–Crippen LogP) is 2.34. The van der Waals surface area contributed by atoms with Crippen molar-refractivity contribution >= 4 is 17.7 Å². The van der Waals surface area contributed by atoms with Crippen molar-refractivity contribution < 1.29 is 19.4 Å². The molecule has 0 aliphatic heterocycles. The van der Waals surface area contributed by atoms with Crippen molar-refractivity contribution in [3.05, 3.63) is 29.3 Å². The number of nitrogens with one attached hydrogen (secondary N) is 2. The number of hydrogen-bond donors (Lipinski definition) is 3. The summed E-state index contributed by atoms with van der Waals surface area (Å²) >= 11 is 0. The van der Waals surface area contributed by atoms with Crippen molar-refractivity contribution in [1.29, 1.82) is 0 Å². The molecule has 21 heavy (non-hydrogen) atoms. The van der Waals surface area contributed by atoms with E-state index in [9.17, 15) is 9.59 Å². The molecule has 1 unspecified atom stereocenters. The van der Waals surface area contributed by atoms with E-state index in [1.807, 2.05) is 39.0 Å². The molecule has 0 aromatic heterocycles. The van der Waals surface area contributed by atoms with Gasteiger partial charge in [0.15, 0.2) is 6.04 Å². The Labute approximate surface area is 124 Å². The third kappa shape index (κ3) is 4.75. The van der Waals surface area contributed by atoms with Crippen molar-refractivity contribution in [2.75, 3.05) is 19.0 Å². The molecule has 1 rings (SSSR count). The first-order valence-electron chi connectivity index (χ1n) is 6.75. The van der Waals surface area contributed by atoms with Crippen molar-refractivity contribution in [1.82, 2.24) is 5.32 Å². The first kappa shape index (κ1) is 17.0. The lowest BCUT2D eigenvalue weighted by atomic mass is 9.98. The lowest BCUT2D eigenvalue weighted by molar-refractivity contribution is -0.140. The van der Waals surface area contributed by atoms with E-state index in [1.165, 1.54) is 7.11 Å². The highest BCUT2D eigenvalue weighted by atomic mass is 16.5. The molecule has 3 N–H and O–H groups in total. The maximum absolute atomic E-state index is 12.0. The van der Waals surface area contributed by atoms with Crippen LogP contribution in [0.5, 0.6) is 0 Å². The zero-order chi connectivity index (χ0) is 16.0. The van der Waals surface area contributed by atoms with E-state index in [1.54, 1.807) is 0 Å². The van der Waals surface area contributed by atoms with Gasteiger partial charge in [-0.1, -0.05) is 32.0 Å². The Hall–Kier alpha value is -2.08. The van der Waals surface area contributed by atoms with Gasteiger partial charge in [-0.15, -0.1) is 0 Å². The highest BCUT2D eigenvalue weighted by Gasteiger charge is 2.20. The fourth-order valence-corrected chi connectivity index (χ4v) is 1.99. The van der Waals surface area contributed by atoms with Crippen LogP contribution in [0.25, 0.3) is 0 Å². The zero-order valence-corrected chi connectivity index (χ0v) is 12.8. The second-order valence-corrected chi connectivity index (χ2v) is 5.14. The van der Waals surface area contributed by atoms with Crippen molar-refractivity contribution in [2.45, 2.75) is 32.7 Å². The molecule has 6 nitrogen and oxygen atoms in total. The number of methoxy groups -OCH3 is 1. The van der Waals surface area contributed by atoms with Crippen LogP contribution in [-0.4, -0.2) is 36.9 Å². The Bertz CT molecular complexity index is 514. The smallest absolute Gasteiger partial charge is 0.328 e. The molecular formula is C15H22N2O4. The number of aryl methyl sites for hydroxylation is 1. The number of urea groups is 1. The van der Waals surface area contributed by atoms with Crippen LogP contribution in [0.3, 0.4) is 0 Å². The molecule has 2 amide bonds. The minimum atomic E-state index is -1.14. The fraction of sp³-hybridized carbons (Fsp3) is 0.467. The number of carboxylic acids is 1. The summed E-state index contributed by atoms with van der Waals surface area (Å²) in [4.78, 5) is 23.0. The van der Waals surface area contributed by atoms with Gasteiger partial charge in [0.25, 0.3) is 0 Å². The lowest BCUT2D eigenvalue weighted by Crippen LogP contribution is -2.45. The normalized spacial score (nSPS) is 12.0. The van der Waals surface area contributed by atoms with Gasteiger partial charge in [-0.25, -0.2) is 9.59 Å². The summed E-state index contributed by atoms with van der Waals surface area (Å²) in [5.74, 6) is -0.893. The number of ether oxygens (including phenoxy) is 1. The highest BCUT2D eigenvalue weighted by Crippen LogP contribution is 2.27. The van der Waals surface area contributed by atoms with Gasteiger partial charge in [0.2, 0.25) is 0 Å². The fourth-order valence-electron chi connectivity index (χ4n) is 1.99. The molecule has 0 radical (unpaired) electrons. The number of anilines is 1. The lowest BCUT2D eigenvalue weighted by Gasteiger charge is -2.18. The number of para-hydroxylation sites is 1. The van der Waals surface area contributed by atoms with E-state index < -0.39 is 18.0 Å². The largest absolute Gasteiger partial charge is 0.480 e. The van der Waals surface area contributed by atoms with Crippen LogP contribution in [-0.2, 0) is 9.53 Å². The maximum Gasteiger partial charge on any atom is 0.328 e. The van der Waals surface area contributed by atoms with E-state index in [2.05, 4.69) is 10.6 Å². The minimum Gasteiger partial charge on any atom is -0.480 e. The summed E-state index contributed by atoms with van der Waals surface area (Å²) in [6, 6.07) is 4.12.